The van der Waals surface area contributed by atoms with E-state index in [9.17, 15) is 16.8 Å². The topological polar surface area (TPSA) is 83.6 Å². The minimum atomic E-state index is -3.77. The van der Waals surface area contributed by atoms with E-state index in [1.165, 1.54) is 29.6 Å². The molecule has 0 aliphatic heterocycles. The van der Waals surface area contributed by atoms with E-state index in [4.69, 9.17) is 0 Å². The molecule has 0 aliphatic carbocycles. The van der Waals surface area contributed by atoms with Crippen LogP contribution in [0.4, 0.5) is 5.69 Å². The van der Waals surface area contributed by atoms with Crippen LogP contribution in [0.1, 0.15) is 20.3 Å². The van der Waals surface area contributed by atoms with Gasteiger partial charge in [0.1, 0.15) is 4.90 Å². The molecule has 1 aromatic rings. The number of anilines is 1. The van der Waals surface area contributed by atoms with Crippen molar-refractivity contribution in [2.24, 2.45) is 0 Å². The molecule has 0 amide bonds. The van der Waals surface area contributed by atoms with Gasteiger partial charge in [0.05, 0.1) is 10.6 Å². The van der Waals surface area contributed by atoms with Gasteiger partial charge in [-0.2, -0.15) is 4.31 Å². The molecule has 1 N–H and O–H groups in total. The predicted molar refractivity (Wildman–Crippen MR) is 83.8 cm³/mol. The van der Waals surface area contributed by atoms with Crippen LogP contribution in [0.15, 0.2) is 28.0 Å². The van der Waals surface area contributed by atoms with Crippen LogP contribution in [0.2, 0.25) is 0 Å². The van der Waals surface area contributed by atoms with E-state index in [2.05, 4.69) is 5.32 Å². The fourth-order valence-corrected chi connectivity index (χ4v) is 4.18. The van der Waals surface area contributed by atoms with Crippen molar-refractivity contribution in [3.8, 4) is 0 Å². The van der Waals surface area contributed by atoms with Crippen molar-refractivity contribution in [3.05, 3.63) is 18.2 Å². The first-order valence-corrected chi connectivity index (χ1v) is 9.88. The van der Waals surface area contributed by atoms with E-state index in [0.29, 0.717) is 12.1 Å². The van der Waals surface area contributed by atoms with Crippen molar-refractivity contribution in [3.63, 3.8) is 0 Å². The summed E-state index contributed by atoms with van der Waals surface area (Å²) >= 11 is 0. The Morgan fingerprint density at radius 2 is 1.81 bits per heavy atom. The first-order valence-electron chi connectivity index (χ1n) is 6.55. The molecule has 0 spiro atoms. The van der Waals surface area contributed by atoms with Crippen molar-refractivity contribution in [1.82, 2.24) is 4.31 Å². The van der Waals surface area contributed by atoms with Crippen LogP contribution in [0.5, 0.6) is 0 Å². The first kappa shape index (κ1) is 17.9. The maximum atomic E-state index is 12.7. The molecule has 0 bridgehead atoms. The summed E-state index contributed by atoms with van der Waals surface area (Å²) in [5.41, 5.74) is 0.373. The zero-order valence-corrected chi connectivity index (χ0v) is 14.5. The lowest BCUT2D eigenvalue weighted by Crippen LogP contribution is -2.35. The maximum absolute atomic E-state index is 12.7. The van der Waals surface area contributed by atoms with Crippen molar-refractivity contribution >= 4 is 25.5 Å². The third kappa shape index (κ3) is 3.75. The number of sulfonamides is 1. The number of sulfone groups is 1. The lowest BCUT2D eigenvalue weighted by Gasteiger charge is -2.24. The Morgan fingerprint density at radius 1 is 1.24 bits per heavy atom. The second-order valence-corrected chi connectivity index (χ2v) is 8.94. The Labute approximate surface area is 127 Å². The molecule has 0 aromatic heterocycles. The van der Waals surface area contributed by atoms with Crippen LogP contribution in [-0.4, -0.2) is 47.5 Å². The van der Waals surface area contributed by atoms with Gasteiger partial charge >= 0.3 is 0 Å². The average Bonchev–Trinajstić information content (AvgIpc) is 2.43. The molecule has 0 fully saturated rings. The lowest BCUT2D eigenvalue weighted by molar-refractivity contribution is 0.380. The number of nitrogens with one attached hydrogen (secondary N) is 1. The highest BCUT2D eigenvalue weighted by atomic mass is 32.2. The molecule has 0 radical (unpaired) electrons. The monoisotopic (exact) mass is 334 g/mol. The van der Waals surface area contributed by atoms with Gasteiger partial charge in [-0.1, -0.05) is 6.92 Å². The first-order chi connectivity index (χ1) is 9.55. The highest BCUT2D eigenvalue weighted by molar-refractivity contribution is 7.91. The zero-order valence-electron chi connectivity index (χ0n) is 12.9. The van der Waals surface area contributed by atoms with Crippen LogP contribution >= 0.6 is 0 Å². The van der Waals surface area contributed by atoms with E-state index in [1.807, 2.05) is 6.92 Å². The molecule has 6 nitrogen and oxygen atoms in total. The minimum Gasteiger partial charge on any atom is -0.387 e. The Hall–Kier alpha value is -1.12. The van der Waals surface area contributed by atoms with Gasteiger partial charge in [0.2, 0.25) is 10.0 Å². The summed E-state index contributed by atoms with van der Waals surface area (Å²) in [6.45, 7) is 3.69. The molecular formula is C13H22N2O4S2. The number of nitrogens with zero attached hydrogens (tertiary/aromatic N) is 1. The predicted octanol–water partition coefficient (Wildman–Crippen LogP) is 1.55. The zero-order chi connectivity index (χ0) is 16.4. The van der Waals surface area contributed by atoms with E-state index in [-0.39, 0.29) is 15.8 Å². The molecule has 1 unspecified atom stereocenters. The second-order valence-electron chi connectivity index (χ2n) is 4.96. The quantitative estimate of drug-likeness (QED) is 0.853. The van der Waals surface area contributed by atoms with Crippen LogP contribution in [0.3, 0.4) is 0 Å². The lowest BCUT2D eigenvalue weighted by atomic mass is 10.3. The molecule has 0 saturated heterocycles. The molecule has 1 atom stereocenters. The normalized spacial score (nSPS) is 14.2. The molecule has 0 heterocycles. The fraction of sp³-hybridized carbons (Fsp3) is 0.538. The molecule has 120 valence electrons. The number of hydrogen-bond acceptors (Lipinski definition) is 5. The molecule has 21 heavy (non-hydrogen) atoms. The summed E-state index contributed by atoms with van der Waals surface area (Å²) in [7, 11) is -4.15. The van der Waals surface area contributed by atoms with Crippen LogP contribution in [0.25, 0.3) is 0 Å². The summed E-state index contributed by atoms with van der Waals surface area (Å²) in [4.78, 5) is -0.0478. The third-order valence-corrected chi connectivity index (χ3v) is 6.64. The minimum absolute atomic E-state index is 0.0161. The van der Waals surface area contributed by atoms with Gasteiger partial charge < -0.3 is 5.32 Å². The number of benzene rings is 1. The molecule has 1 rings (SSSR count). The van der Waals surface area contributed by atoms with Gasteiger partial charge in [-0.3, -0.25) is 0 Å². The summed E-state index contributed by atoms with van der Waals surface area (Å²) in [6.07, 6.45) is 1.71. The maximum Gasteiger partial charge on any atom is 0.245 e. The number of hydrogen-bond donors (Lipinski definition) is 1. The molecule has 0 aliphatic rings. The van der Waals surface area contributed by atoms with Crippen LogP contribution in [0, 0.1) is 0 Å². The van der Waals surface area contributed by atoms with Crippen LogP contribution in [-0.2, 0) is 19.9 Å². The largest absolute Gasteiger partial charge is 0.387 e. The van der Waals surface area contributed by atoms with Gasteiger partial charge in [-0.05, 0) is 31.5 Å². The highest BCUT2D eigenvalue weighted by Gasteiger charge is 2.28. The van der Waals surface area contributed by atoms with E-state index >= 15 is 0 Å². The Bertz CT molecular complexity index is 712. The van der Waals surface area contributed by atoms with Gasteiger partial charge in [-0.15, -0.1) is 0 Å². The Kier molecular flexibility index (Phi) is 5.40. The summed E-state index contributed by atoms with van der Waals surface area (Å²) in [5, 5.41) is 2.79. The second kappa shape index (κ2) is 6.33. The summed E-state index contributed by atoms with van der Waals surface area (Å²) < 4.78 is 49.9. The molecule has 1 aromatic carbocycles. The van der Waals surface area contributed by atoms with Gasteiger partial charge in [0.15, 0.2) is 9.84 Å². The summed E-state index contributed by atoms with van der Waals surface area (Å²) in [6, 6.07) is 3.88. The highest BCUT2D eigenvalue weighted by Crippen LogP contribution is 2.28. The van der Waals surface area contributed by atoms with Gasteiger partial charge in [-0.25, -0.2) is 16.8 Å². The van der Waals surface area contributed by atoms with Gasteiger partial charge in [0, 0.05) is 26.4 Å². The standard InChI is InChI=1S/C13H22N2O4S2/c1-6-10(2)15(4)21(18,19)13-9-11(20(5,16)17)7-8-12(13)14-3/h7-10,14H,6H2,1-5H3. The smallest absolute Gasteiger partial charge is 0.245 e. The molecule has 8 heteroatoms. The van der Waals surface area contributed by atoms with Crippen LogP contribution < -0.4 is 5.32 Å². The SMILES string of the molecule is CCC(C)N(C)S(=O)(=O)c1cc(S(C)(=O)=O)ccc1NC. The Morgan fingerprint density at radius 3 is 2.24 bits per heavy atom. The molecule has 0 saturated carbocycles. The Balaban J connectivity index is 3.53. The summed E-state index contributed by atoms with van der Waals surface area (Å²) in [5.74, 6) is 0. The van der Waals surface area contributed by atoms with E-state index in [0.717, 1.165) is 6.26 Å². The molecular weight excluding hydrogens is 312 g/mol. The third-order valence-electron chi connectivity index (χ3n) is 3.52. The van der Waals surface area contributed by atoms with Gasteiger partial charge in [0.25, 0.3) is 0 Å². The number of rotatable bonds is 6. The fourth-order valence-electron chi connectivity index (χ4n) is 1.80. The van der Waals surface area contributed by atoms with E-state index < -0.39 is 19.9 Å². The van der Waals surface area contributed by atoms with Crippen molar-refractivity contribution in [2.45, 2.75) is 36.1 Å². The van der Waals surface area contributed by atoms with Crippen molar-refractivity contribution in [1.29, 1.82) is 0 Å². The van der Waals surface area contributed by atoms with Crippen molar-refractivity contribution < 1.29 is 16.8 Å². The average molecular weight is 334 g/mol. The van der Waals surface area contributed by atoms with Crippen molar-refractivity contribution in [2.75, 3.05) is 25.7 Å². The van der Waals surface area contributed by atoms with E-state index in [1.54, 1.807) is 14.0 Å².